The van der Waals surface area contributed by atoms with Crippen LogP contribution in [0.2, 0.25) is 0 Å². The molecule has 0 aliphatic rings. The van der Waals surface area contributed by atoms with Gasteiger partial charge in [0.25, 0.3) is 5.91 Å². The van der Waals surface area contributed by atoms with Crippen molar-refractivity contribution in [3.05, 3.63) is 34.9 Å². The number of amides is 1. The Kier molecular flexibility index (Phi) is 4.83. The van der Waals surface area contributed by atoms with Crippen LogP contribution in [0.5, 0.6) is 0 Å². The Balaban J connectivity index is 2.09. The lowest BCUT2D eigenvalue weighted by Crippen LogP contribution is -2.24. The summed E-state index contributed by atoms with van der Waals surface area (Å²) in [7, 11) is 1.55. The first kappa shape index (κ1) is 16.7. The highest BCUT2D eigenvalue weighted by molar-refractivity contribution is 5.95. The summed E-state index contributed by atoms with van der Waals surface area (Å²) >= 11 is 0. The molecule has 0 aliphatic carbocycles. The third-order valence-corrected chi connectivity index (χ3v) is 3.54. The monoisotopic (exact) mass is 319 g/mol. The van der Waals surface area contributed by atoms with Gasteiger partial charge in [0.1, 0.15) is 0 Å². The number of rotatable bonds is 6. The van der Waals surface area contributed by atoms with Crippen molar-refractivity contribution in [2.24, 2.45) is 13.0 Å². The molecule has 0 unspecified atom stereocenters. The van der Waals surface area contributed by atoms with Gasteiger partial charge in [0.05, 0.1) is 18.0 Å². The molecule has 0 radical (unpaired) electrons. The summed E-state index contributed by atoms with van der Waals surface area (Å²) < 4.78 is 3.07. The highest BCUT2D eigenvalue weighted by Gasteiger charge is 2.18. The van der Waals surface area contributed by atoms with Crippen LogP contribution in [0.25, 0.3) is 0 Å². The van der Waals surface area contributed by atoms with Crippen molar-refractivity contribution < 1.29 is 14.7 Å². The topological polar surface area (TPSA) is 102 Å². The van der Waals surface area contributed by atoms with E-state index in [4.69, 9.17) is 5.11 Å². The smallest absolute Gasteiger partial charge is 0.354 e. The van der Waals surface area contributed by atoms with Crippen LogP contribution in [0.4, 0.5) is 0 Å². The molecule has 0 atom stereocenters. The van der Waals surface area contributed by atoms with Crippen LogP contribution in [0, 0.1) is 12.8 Å². The lowest BCUT2D eigenvalue weighted by atomic mass is 10.2. The molecule has 0 aliphatic heterocycles. The third kappa shape index (κ3) is 3.58. The summed E-state index contributed by atoms with van der Waals surface area (Å²) in [5.74, 6) is -0.925. The van der Waals surface area contributed by atoms with E-state index in [-0.39, 0.29) is 18.1 Å². The fourth-order valence-electron chi connectivity index (χ4n) is 2.36. The Morgan fingerprint density at radius 3 is 2.61 bits per heavy atom. The molecule has 23 heavy (non-hydrogen) atoms. The number of carbonyl (C=O) groups is 2. The predicted molar refractivity (Wildman–Crippen MR) is 83.1 cm³/mol. The Labute approximate surface area is 134 Å². The molecule has 0 aromatic carbocycles. The number of aromatic carboxylic acids is 1. The van der Waals surface area contributed by atoms with E-state index >= 15 is 0 Å². The first-order valence-electron chi connectivity index (χ1n) is 7.36. The van der Waals surface area contributed by atoms with Crippen molar-refractivity contribution in [3.8, 4) is 0 Å². The van der Waals surface area contributed by atoms with Crippen LogP contribution >= 0.6 is 0 Å². The average molecular weight is 319 g/mol. The summed E-state index contributed by atoms with van der Waals surface area (Å²) in [5, 5.41) is 20.0. The number of aryl methyl sites for hydroxylation is 1. The van der Waals surface area contributed by atoms with Crippen LogP contribution in [-0.4, -0.2) is 36.5 Å². The van der Waals surface area contributed by atoms with E-state index in [1.807, 2.05) is 6.92 Å². The van der Waals surface area contributed by atoms with Gasteiger partial charge in [-0.15, -0.1) is 0 Å². The molecule has 2 heterocycles. The summed E-state index contributed by atoms with van der Waals surface area (Å²) in [6.07, 6.45) is 2.98. The second-order valence-electron chi connectivity index (χ2n) is 5.85. The SMILES string of the molecule is Cc1c(C(=O)NCc2cnn(C)c2C(=O)O)cnn1CC(C)C. The summed E-state index contributed by atoms with van der Waals surface area (Å²) in [6.45, 7) is 6.85. The number of nitrogens with one attached hydrogen (secondary N) is 1. The quantitative estimate of drug-likeness (QED) is 0.833. The Morgan fingerprint density at radius 2 is 2.00 bits per heavy atom. The fraction of sp³-hybridized carbons (Fsp3) is 0.467. The zero-order valence-corrected chi connectivity index (χ0v) is 13.7. The minimum Gasteiger partial charge on any atom is -0.477 e. The average Bonchev–Trinajstić information content (AvgIpc) is 3.00. The molecule has 124 valence electrons. The summed E-state index contributed by atoms with van der Waals surface area (Å²) in [5.41, 5.74) is 1.81. The lowest BCUT2D eigenvalue weighted by molar-refractivity contribution is 0.0682. The summed E-state index contributed by atoms with van der Waals surface area (Å²) in [4.78, 5) is 23.5. The maximum absolute atomic E-state index is 12.3. The molecule has 2 rings (SSSR count). The van der Waals surface area contributed by atoms with Crippen LogP contribution in [0.3, 0.4) is 0 Å². The van der Waals surface area contributed by atoms with Gasteiger partial charge in [0.15, 0.2) is 5.69 Å². The second kappa shape index (κ2) is 6.64. The number of carboxylic acid groups (broad SMARTS) is 1. The van der Waals surface area contributed by atoms with Crippen LogP contribution in [-0.2, 0) is 20.1 Å². The Hall–Kier alpha value is -2.64. The van der Waals surface area contributed by atoms with Crippen LogP contribution in [0.1, 0.15) is 46.0 Å². The number of hydrogen-bond donors (Lipinski definition) is 2. The minimum absolute atomic E-state index is 0.0672. The van der Waals surface area contributed by atoms with Crippen molar-refractivity contribution in [1.29, 1.82) is 0 Å². The zero-order chi connectivity index (χ0) is 17.1. The maximum atomic E-state index is 12.3. The first-order chi connectivity index (χ1) is 10.8. The zero-order valence-electron chi connectivity index (χ0n) is 13.7. The molecule has 2 N–H and O–H groups in total. The number of carbonyl (C=O) groups excluding carboxylic acids is 1. The molecular formula is C15H21N5O3. The van der Waals surface area contributed by atoms with Crippen LogP contribution in [0.15, 0.2) is 12.4 Å². The molecular weight excluding hydrogens is 298 g/mol. The molecule has 0 saturated heterocycles. The van der Waals surface area contributed by atoms with Crippen LogP contribution < -0.4 is 5.32 Å². The predicted octanol–water partition coefficient (Wildman–Crippen LogP) is 1.21. The van der Waals surface area contributed by atoms with E-state index < -0.39 is 5.97 Å². The van der Waals surface area contributed by atoms with Gasteiger partial charge in [0.2, 0.25) is 0 Å². The highest BCUT2D eigenvalue weighted by Crippen LogP contribution is 2.11. The molecule has 8 nitrogen and oxygen atoms in total. The lowest BCUT2D eigenvalue weighted by Gasteiger charge is -2.08. The Bertz CT molecular complexity index is 730. The van der Waals surface area contributed by atoms with Gasteiger partial charge in [-0.3, -0.25) is 14.2 Å². The fourth-order valence-corrected chi connectivity index (χ4v) is 2.36. The van der Waals surface area contributed by atoms with Crippen molar-refractivity contribution in [3.63, 3.8) is 0 Å². The van der Waals surface area contributed by atoms with Crippen molar-refractivity contribution in [2.75, 3.05) is 0 Å². The molecule has 2 aromatic heterocycles. The van der Waals surface area contributed by atoms with Gasteiger partial charge < -0.3 is 10.4 Å². The van der Waals surface area contributed by atoms with E-state index in [0.717, 1.165) is 12.2 Å². The molecule has 0 spiro atoms. The molecule has 8 heteroatoms. The van der Waals surface area contributed by atoms with Gasteiger partial charge in [-0.2, -0.15) is 10.2 Å². The Morgan fingerprint density at radius 1 is 1.30 bits per heavy atom. The molecule has 0 fully saturated rings. The normalized spacial score (nSPS) is 11.0. The van der Waals surface area contributed by atoms with Gasteiger partial charge in [-0.25, -0.2) is 4.79 Å². The third-order valence-electron chi connectivity index (χ3n) is 3.54. The van der Waals surface area contributed by atoms with Gasteiger partial charge in [0, 0.05) is 31.4 Å². The van der Waals surface area contributed by atoms with Gasteiger partial charge in [-0.1, -0.05) is 13.8 Å². The molecule has 0 saturated carbocycles. The van der Waals surface area contributed by atoms with E-state index in [2.05, 4.69) is 29.4 Å². The number of aromatic nitrogens is 4. The van der Waals surface area contributed by atoms with Crippen molar-refractivity contribution in [1.82, 2.24) is 24.9 Å². The van der Waals surface area contributed by atoms with E-state index in [0.29, 0.717) is 17.0 Å². The standard InChI is InChI=1S/C15H21N5O3/c1-9(2)8-20-10(3)12(7-18-20)14(21)16-5-11-6-17-19(4)13(11)15(22)23/h6-7,9H,5,8H2,1-4H3,(H,16,21)(H,22,23). The molecule has 2 aromatic rings. The van der Waals surface area contributed by atoms with Crippen molar-refractivity contribution in [2.45, 2.75) is 33.9 Å². The van der Waals surface area contributed by atoms with E-state index in [1.165, 1.54) is 17.1 Å². The number of hydrogen-bond acceptors (Lipinski definition) is 4. The van der Waals surface area contributed by atoms with Gasteiger partial charge in [-0.05, 0) is 12.8 Å². The summed E-state index contributed by atoms with van der Waals surface area (Å²) in [6, 6.07) is 0. The number of nitrogens with zero attached hydrogens (tertiary/aromatic N) is 4. The number of carboxylic acids is 1. The minimum atomic E-state index is -1.07. The van der Waals surface area contributed by atoms with E-state index in [9.17, 15) is 9.59 Å². The van der Waals surface area contributed by atoms with Gasteiger partial charge >= 0.3 is 5.97 Å². The largest absolute Gasteiger partial charge is 0.477 e. The molecule has 0 bridgehead atoms. The van der Waals surface area contributed by atoms with Crippen molar-refractivity contribution >= 4 is 11.9 Å². The van der Waals surface area contributed by atoms with E-state index in [1.54, 1.807) is 11.7 Å². The first-order valence-corrected chi connectivity index (χ1v) is 7.36. The molecule has 1 amide bonds. The second-order valence-corrected chi connectivity index (χ2v) is 5.85. The maximum Gasteiger partial charge on any atom is 0.354 e. The highest BCUT2D eigenvalue weighted by atomic mass is 16.4.